The third-order valence-corrected chi connectivity index (χ3v) is 11.9. The van der Waals surface area contributed by atoms with Gasteiger partial charge in [-0.1, -0.05) is 178 Å². The van der Waals surface area contributed by atoms with Crippen molar-refractivity contribution in [3.8, 4) is 46.5 Å². The number of unbranched alkanes of at least 4 members (excludes halogenated alkanes) is 18. The van der Waals surface area contributed by atoms with Crippen LogP contribution in [0.25, 0.3) is 22.3 Å². The van der Waals surface area contributed by atoms with E-state index in [9.17, 15) is 21.0 Å². The van der Waals surface area contributed by atoms with Crippen molar-refractivity contribution in [2.24, 2.45) is 0 Å². The van der Waals surface area contributed by atoms with Gasteiger partial charge in [0.1, 0.15) is 0 Å². The summed E-state index contributed by atoms with van der Waals surface area (Å²) in [6.45, 7) is 4.51. The summed E-state index contributed by atoms with van der Waals surface area (Å²) in [7, 11) is 0. The van der Waals surface area contributed by atoms with E-state index >= 15 is 0 Å². The molecule has 3 aromatic carbocycles. The van der Waals surface area contributed by atoms with Crippen LogP contribution >= 0.6 is 0 Å². The van der Waals surface area contributed by atoms with Crippen LogP contribution in [0.4, 0.5) is 0 Å². The van der Waals surface area contributed by atoms with Gasteiger partial charge < -0.3 is 0 Å². The van der Waals surface area contributed by atoms with Crippen LogP contribution in [0.1, 0.15) is 176 Å². The summed E-state index contributed by atoms with van der Waals surface area (Å²) < 4.78 is 0. The van der Waals surface area contributed by atoms with Crippen LogP contribution in [0.3, 0.4) is 0 Å². The average molecular weight is 691 g/mol. The van der Waals surface area contributed by atoms with Gasteiger partial charge in [-0.25, -0.2) is 0 Å². The lowest BCUT2D eigenvalue weighted by Crippen LogP contribution is -2.26. The molecule has 0 atom stereocenters. The third-order valence-electron chi connectivity index (χ3n) is 11.9. The van der Waals surface area contributed by atoms with E-state index in [-0.39, 0.29) is 0 Å². The summed E-state index contributed by atoms with van der Waals surface area (Å²) >= 11 is 0. The Balaban J connectivity index is 1.54. The zero-order chi connectivity index (χ0) is 36.8. The van der Waals surface area contributed by atoms with E-state index in [0.29, 0.717) is 12.8 Å². The molecule has 2 aliphatic carbocycles. The van der Waals surface area contributed by atoms with Crippen molar-refractivity contribution in [1.29, 1.82) is 21.0 Å². The van der Waals surface area contributed by atoms with Gasteiger partial charge in [0.25, 0.3) is 0 Å². The zero-order valence-electron chi connectivity index (χ0n) is 32.0. The summed E-state index contributed by atoms with van der Waals surface area (Å²) in [4.78, 5) is 0. The number of fused-ring (bicyclic) bond motifs is 6. The van der Waals surface area contributed by atoms with Crippen molar-refractivity contribution in [3.63, 3.8) is 0 Å². The molecule has 0 bridgehead atoms. The van der Waals surface area contributed by atoms with Crippen molar-refractivity contribution < 1.29 is 0 Å². The van der Waals surface area contributed by atoms with E-state index in [1.54, 1.807) is 0 Å². The molecule has 0 N–H and O–H groups in total. The molecule has 0 aromatic heterocycles. The Morgan fingerprint density at radius 1 is 0.404 bits per heavy atom. The largest absolute Gasteiger partial charge is 0.196 e. The maximum Gasteiger partial charge on any atom is 0.195 e. The molecule has 4 nitrogen and oxygen atoms in total. The van der Waals surface area contributed by atoms with E-state index < -0.39 is 10.8 Å². The lowest BCUT2D eigenvalue weighted by atomic mass is 9.71. The van der Waals surface area contributed by atoms with Crippen LogP contribution in [0.5, 0.6) is 0 Å². The molecular formula is C48H58N4. The summed E-state index contributed by atoms with van der Waals surface area (Å²) in [5.41, 5.74) is 5.92. The van der Waals surface area contributed by atoms with Gasteiger partial charge in [0.2, 0.25) is 0 Å². The van der Waals surface area contributed by atoms with Crippen molar-refractivity contribution in [3.05, 3.63) is 81.9 Å². The van der Waals surface area contributed by atoms with Gasteiger partial charge in [-0.2, -0.15) is 21.0 Å². The molecule has 4 heteroatoms. The minimum absolute atomic E-state index is 0.708. The fourth-order valence-electron chi connectivity index (χ4n) is 9.19. The Labute approximate surface area is 314 Å². The Morgan fingerprint density at radius 2 is 0.692 bits per heavy atom. The maximum atomic E-state index is 11.0. The van der Waals surface area contributed by atoms with E-state index in [4.69, 9.17) is 0 Å². The zero-order valence-corrected chi connectivity index (χ0v) is 32.0. The quantitative estimate of drug-likeness (QED) is 0.0980. The van der Waals surface area contributed by atoms with Gasteiger partial charge in [-0.15, -0.1) is 0 Å². The van der Waals surface area contributed by atoms with Gasteiger partial charge in [0.15, 0.2) is 10.8 Å². The highest BCUT2D eigenvalue weighted by Gasteiger charge is 2.53. The molecule has 3 aromatic rings. The minimum Gasteiger partial charge on any atom is -0.196 e. The molecule has 5 rings (SSSR count). The van der Waals surface area contributed by atoms with Gasteiger partial charge in [0, 0.05) is 11.1 Å². The Hall–Kier alpha value is -4.38. The fourth-order valence-corrected chi connectivity index (χ4v) is 9.19. The van der Waals surface area contributed by atoms with Crippen LogP contribution in [0.15, 0.2) is 48.5 Å². The predicted molar refractivity (Wildman–Crippen MR) is 212 cm³/mol. The van der Waals surface area contributed by atoms with Gasteiger partial charge >= 0.3 is 0 Å². The standard InChI is InChI=1S/C48H58N4/c1-3-5-7-9-11-13-15-17-19-21-29-39-43-37-27-23-25-31-41(37)48(35-51,36-52)46(43)40(30-22-20-18-16-14-12-10-8-6-4-2)44-38-28-24-26-32-42(38)47(33-49,34-50)45(39)44/h23-28,31-32H,3-22,29-30H2,1-2H3. The first-order valence-electron chi connectivity index (χ1n) is 20.7. The van der Waals surface area contributed by atoms with Gasteiger partial charge in [-0.3, -0.25) is 0 Å². The summed E-state index contributed by atoms with van der Waals surface area (Å²) in [5, 5.41) is 44.0. The normalized spacial score (nSPS) is 14.0. The molecule has 0 heterocycles. The summed E-state index contributed by atoms with van der Waals surface area (Å²) in [6.07, 6.45) is 25.8. The van der Waals surface area contributed by atoms with Crippen LogP contribution in [-0.2, 0) is 23.7 Å². The number of hydrogen-bond acceptors (Lipinski definition) is 4. The van der Waals surface area contributed by atoms with E-state index in [1.807, 2.05) is 48.5 Å². The number of rotatable bonds is 22. The summed E-state index contributed by atoms with van der Waals surface area (Å²) in [6, 6.07) is 25.9. The van der Waals surface area contributed by atoms with Crippen molar-refractivity contribution in [2.45, 2.75) is 166 Å². The topological polar surface area (TPSA) is 95.2 Å². The van der Waals surface area contributed by atoms with Crippen molar-refractivity contribution in [2.75, 3.05) is 0 Å². The molecule has 0 radical (unpaired) electrons. The Bertz CT molecular complexity index is 1670. The molecule has 0 spiro atoms. The van der Waals surface area contributed by atoms with Crippen LogP contribution in [0.2, 0.25) is 0 Å². The predicted octanol–water partition coefficient (Wildman–Crippen LogP) is 13.2. The van der Waals surface area contributed by atoms with E-state index in [0.717, 1.165) is 94.2 Å². The number of nitrogens with zero attached hydrogens (tertiary/aromatic N) is 4. The smallest absolute Gasteiger partial charge is 0.195 e. The number of hydrogen-bond donors (Lipinski definition) is 0. The molecule has 2 aliphatic rings. The highest BCUT2D eigenvalue weighted by atomic mass is 14.6. The maximum absolute atomic E-state index is 11.0. The van der Waals surface area contributed by atoms with Crippen LogP contribution < -0.4 is 0 Å². The molecule has 0 aliphatic heterocycles. The Kier molecular flexibility index (Phi) is 14.1. The monoisotopic (exact) mass is 690 g/mol. The first-order chi connectivity index (χ1) is 25.6. The molecule has 0 saturated carbocycles. The molecule has 270 valence electrons. The molecule has 0 fully saturated rings. The molecule has 52 heavy (non-hydrogen) atoms. The lowest BCUT2D eigenvalue weighted by Gasteiger charge is -2.27. The van der Waals surface area contributed by atoms with E-state index in [1.165, 1.54) is 89.9 Å². The molecule has 0 unspecified atom stereocenters. The average Bonchev–Trinajstić information content (AvgIpc) is 3.65. The van der Waals surface area contributed by atoms with Gasteiger partial charge in [0.05, 0.1) is 24.3 Å². The lowest BCUT2D eigenvalue weighted by molar-refractivity contribution is 0.555. The summed E-state index contributed by atoms with van der Waals surface area (Å²) in [5.74, 6) is 0. The third kappa shape index (κ3) is 7.56. The van der Waals surface area contributed by atoms with E-state index in [2.05, 4.69) is 38.1 Å². The van der Waals surface area contributed by atoms with Crippen LogP contribution in [0, 0.1) is 45.3 Å². The highest BCUT2D eigenvalue weighted by Crippen LogP contribution is 2.60. The first kappa shape index (κ1) is 38.8. The second-order valence-corrected chi connectivity index (χ2v) is 15.4. The van der Waals surface area contributed by atoms with Crippen molar-refractivity contribution in [1.82, 2.24) is 0 Å². The number of benzene rings is 3. The molecule has 0 amide bonds. The van der Waals surface area contributed by atoms with Crippen LogP contribution in [-0.4, -0.2) is 0 Å². The second kappa shape index (κ2) is 18.9. The molecular weight excluding hydrogens is 633 g/mol. The SMILES string of the molecule is CCCCCCCCCCCCc1c2c(c(CCCCCCCCCCCC)c3c1C(C#N)(C#N)c1ccccc1-3)C(C#N)(C#N)c1ccccc1-2. The van der Waals surface area contributed by atoms with Crippen molar-refractivity contribution >= 4 is 0 Å². The molecule has 0 saturated heterocycles. The first-order valence-corrected chi connectivity index (χ1v) is 20.7. The highest BCUT2D eigenvalue weighted by molar-refractivity contribution is 5.98. The van der Waals surface area contributed by atoms with Gasteiger partial charge in [-0.05, 0) is 70.2 Å². The minimum atomic E-state index is -1.44. The Morgan fingerprint density at radius 3 is 1.00 bits per heavy atom. The fraction of sp³-hybridized carbons (Fsp3) is 0.542. The second-order valence-electron chi connectivity index (χ2n) is 15.4. The number of nitriles is 4.